The monoisotopic (exact) mass is 361 g/mol. The summed E-state index contributed by atoms with van der Waals surface area (Å²) in [5.41, 5.74) is 8.55. The van der Waals surface area contributed by atoms with Crippen molar-refractivity contribution in [3.8, 4) is 0 Å². The highest BCUT2D eigenvalue weighted by Gasteiger charge is 2.26. The van der Waals surface area contributed by atoms with E-state index in [1.165, 1.54) is 6.33 Å². The molecule has 0 amide bonds. The fourth-order valence-electron chi connectivity index (χ4n) is 2.93. The number of nitrogens with one attached hydrogen (secondary N) is 1. The Morgan fingerprint density at radius 3 is 2.76 bits per heavy atom. The Bertz CT molecular complexity index is 791. The number of hydrogen-bond donors (Lipinski definition) is 3. The molecule has 8 heteroatoms. The summed E-state index contributed by atoms with van der Waals surface area (Å²) in [6.07, 6.45) is 2.61. The van der Waals surface area contributed by atoms with Gasteiger partial charge in [0.05, 0.1) is 5.92 Å². The zero-order valence-electron chi connectivity index (χ0n) is 13.9. The molecule has 0 saturated carbocycles. The van der Waals surface area contributed by atoms with Gasteiger partial charge in [0.25, 0.3) is 0 Å². The second-order valence-electron chi connectivity index (χ2n) is 6.14. The average Bonchev–Trinajstić information content (AvgIpc) is 2.60. The summed E-state index contributed by atoms with van der Waals surface area (Å²) in [6, 6.07) is 5.56. The molecule has 132 valence electrons. The minimum Gasteiger partial charge on any atom is -0.481 e. The van der Waals surface area contributed by atoms with Crippen molar-refractivity contribution in [3.05, 3.63) is 35.1 Å². The summed E-state index contributed by atoms with van der Waals surface area (Å²) >= 11 is 6.05. The van der Waals surface area contributed by atoms with Crippen LogP contribution >= 0.6 is 11.6 Å². The highest BCUT2D eigenvalue weighted by molar-refractivity contribution is 6.30. The van der Waals surface area contributed by atoms with Crippen LogP contribution in [-0.2, 0) is 4.79 Å². The number of rotatable bonds is 4. The van der Waals surface area contributed by atoms with E-state index in [0.29, 0.717) is 48.3 Å². The molecule has 0 radical (unpaired) electrons. The van der Waals surface area contributed by atoms with Gasteiger partial charge in [-0.1, -0.05) is 17.7 Å². The van der Waals surface area contributed by atoms with Gasteiger partial charge in [-0.15, -0.1) is 0 Å². The number of hydrogen-bond acceptors (Lipinski definition) is 6. The molecular formula is C17H20ClN5O2. The SMILES string of the molecule is Cc1ccc(Cl)cc1Nc1ncnc(N2CCC(C(=O)O)CC2)c1N. The lowest BCUT2D eigenvalue weighted by atomic mass is 9.97. The van der Waals surface area contributed by atoms with Crippen molar-refractivity contribution in [2.75, 3.05) is 29.0 Å². The van der Waals surface area contributed by atoms with Crippen LogP contribution in [0.3, 0.4) is 0 Å². The van der Waals surface area contributed by atoms with Gasteiger partial charge in [-0.05, 0) is 37.5 Å². The summed E-state index contributed by atoms with van der Waals surface area (Å²) in [5, 5.41) is 12.9. The number of aliphatic carboxylic acids is 1. The van der Waals surface area contributed by atoms with Gasteiger partial charge in [0.15, 0.2) is 11.6 Å². The minimum absolute atomic E-state index is 0.300. The average molecular weight is 362 g/mol. The number of aryl methyl sites for hydroxylation is 1. The Hall–Kier alpha value is -2.54. The summed E-state index contributed by atoms with van der Waals surface area (Å²) in [7, 11) is 0. The Morgan fingerprint density at radius 1 is 1.36 bits per heavy atom. The molecule has 7 nitrogen and oxygen atoms in total. The molecule has 0 aliphatic carbocycles. The lowest BCUT2D eigenvalue weighted by Gasteiger charge is -2.31. The summed E-state index contributed by atoms with van der Waals surface area (Å²) in [6.45, 7) is 3.18. The first kappa shape index (κ1) is 17.3. The lowest BCUT2D eigenvalue weighted by Crippen LogP contribution is -2.37. The molecule has 2 aromatic rings. The molecule has 0 spiro atoms. The van der Waals surface area contributed by atoms with Crippen LogP contribution in [0.5, 0.6) is 0 Å². The normalized spacial score (nSPS) is 15.2. The van der Waals surface area contributed by atoms with E-state index in [1.807, 2.05) is 30.0 Å². The Kier molecular flexibility index (Phi) is 4.94. The van der Waals surface area contributed by atoms with Crippen LogP contribution in [-0.4, -0.2) is 34.1 Å². The van der Waals surface area contributed by atoms with Crippen LogP contribution in [0.15, 0.2) is 24.5 Å². The van der Waals surface area contributed by atoms with Crippen molar-refractivity contribution in [2.45, 2.75) is 19.8 Å². The standard InChI is InChI=1S/C17H20ClN5O2/c1-10-2-3-12(18)8-13(10)22-15-14(19)16(21-9-20-15)23-6-4-11(5-7-23)17(24)25/h2-3,8-9,11H,4-7,19H2,1H3,(H,24,25)(H,20,21,22). The number of halogens is 1. The van der Waals surface area contributed by atoms with Crippen molar-refractivity contribution in [3.63, 3.8) is 0 Å². The Morgan fingerprint density at radius 2 is 2.08 bits per heavy atom. The van der Waals surface area contributed by atoms with Crippen LogP contribution in [0.25, 0.3) is 0 Å². The Balaban J connectivity index is 1.81. The van der Waals surface area contributed by atoms with E-state index in [0.717, 1.165) is 11.3 Å². The number of aromatic nitrogens is 2. The first-order valence-electron chi connectivity index (χ1n) is 8.07. The number of nitrogens with two attached hydrogens (primary N) is 1. The number of carbonyl (C=O) groups is 1. The van der Waals surface area contributed by atoms with E-state index in [2.05, 4.69) is 15.3 Å². The number of nitrogen functional groups attached to an aromatic ring is 1. The third-order valence-corrected chi connectivity index (χ3v) is 4.69. The van der Waals surface area contributed by atoms with E-state index in [4.69, 9.17) is 22.4 Å². The highest BCUT2D eigenvalue weighted by atomic mass is 35.5. The smallest absolute Gasteiger partial charge is 0.306 e. The second kappa shape index (κ2) is 7.14. The molecule has 1 fully saturated rings. The quantitative estimate of drug-likeness (QED) is 0.768. The van der Waals surface area contributed by atoms with Gasteiger partial charge in [0.1, 0.15) is 12.0 Å². The van der Waals surface area contributed by atoms with Crippen LogP contribution in [0.2, 0.25) is 5.02 Å². The fraction of sp³-hybridized carbons (Fsp3) is 0.353. The molecule has 1 aliphatic rings. The predicted octanol–water partition coefficient (Wildman–Crippen LogP) is 3.07. The van der Waals surface area contributed by atoms with Gasteiger partial charge in [0.2, 0.25) is 0 Å². The first-order valence-corrected chi connectivity index (χ1v) is 8.45. The number of carboxylic acids is 1. The van der Waals surface area contributed by atoms with E-state index < -0.39 is 5.97 Å². The van der Waals surface area contributed by atoms with Crippen molar-refractivity contribution >= 4 is 40.6 Å². The third kappa shape index (κ3) is 3.76. The number of benzene rings is 1. The predicted molar refractivity (Wildman–Crippen MR) is 98.5 cm³/mol. The molecule has 0 unspecified atom stereocenters. The van der Waals surface area contributed by atoms with Crippen LogP contribution in [0.4, 0.5) is 23.0 Å². The topological polar surface area (TPSA) is 104 Å². The largest absolute Gasteiger partial charge is 0.481 e. The van der Waals surface area contributed by atoms with Crippen LogP contribution in [0, 0.1) is 12.8 Å². The van der Waals surface area contributed by atoms with Crippen LogP contribution < -0.4 is 16.0 Å². The maximum Gasteiger partial charge on any atom is 0.306 e. The molecule has 0 bridgehead atoms. The fourth-order valence-corrected chi connectivity index (χ4v) is 3.10. The van der Waals surface area contributed by atoms with Gasteiger partial charge in [-0.25, -0.2) is 9.97 Å². The highest BCUT2D eigenvalue weighted by Crippen LogP contribution is 2.32. The molecule has 1 aromatic heterocycles. The number of piperidine rings is 1. The molecule has 1 saturated heterocycles. The molecule has 25 heavy (non-hydrogen) atoms. The zero-order chi connectivity index (χ0) is 18.0. The maximum atomic E-state index is 11.1. The van der Waals surface area contributed by atoms with Gasteiger partial charge < -0.3 is 21.1 Å². The van der Waals surface area contributed by atoms with E-state index in [-0.39, 0.29) is 5.92 Å². The summed E-state index contributed by atoms with van der Waals surface area (Å²) < 4.78 is 0. The lowest BCUT2D eigenvalue weighted by molar-refractivity contribution is -0.142. The van der Waals surface area contributed by atoms with Gasteiger partial charge in [-0.2, -0.15) is 0 Å². The van der Waals surface area contributed by atoms with E-state index >= 15 is 0 Å². The number of carboxylic acid groups (broad SMARTS) is 1. The van der Waals surface area contributed by atoms with Crippen molar-refractivity contribution < 1.29 is 9.90 Å². The molecule has 0 atom stereocenters. The molecule has 1 aliphatic heterocycles. The maximum absolute atomic E-state index is 11.1. The number of anilines is 4. The molecule has 3 rings (SSSR count). The zero-order valence-corrected chi connectivity index (χ0v) is 14.6. The van der Waals surface area contributed by atoms with Crippen molar-refractivity contribution in [1.82, 2.24) is 9.97 Å². The molecule has 4 N–H and O–H groups in total. The molecule has 2 heterocycles. The molecule has 1 aromatic carbocycles. The number of nitrogens with zero attached hydrogens (tertiary/aromatic N) is 3. The van der Waals surface area contributed by atoms with Gasteiger partial charge >= 0.3 is 5.97 Å². The summed E-state index contributed by atoms with van der Waals surface area (Å²) in [5.74, 6) is 0.0943. The minimum atomic E-state index is -0.742. The van der Waals surface area contributed by atoms with Gasteiger partial charge in [-0.3, -0.25) is 4.79 Å². The molecular weight excluding hydrogens is 342 g/mol. The van der Waals surface area contributed by atoms with Gasteiger partial charge in [0, 0.05) is 23.8 Å². The van der Waals surface area contributed by atoms with Crippen molar-refractivity contribution in [2.24, 2.45) is 5.92 Å². The van der Waals surface area contributed by atoms with Crippen LogP contribution in [0.1, 0.15) is 18.4 Å². The third-order valence-electron chi connectivity index (χ3n) is 4.46. The van der Waals surface area contributed by atoms with E-state index in [9.17, 15) is 4.79 Å². The summed E-state index contributed by atoms with van der Waals surface area (Å²) in [4.78, 5) is 21.6. The van der Waals surface area contributed by atoms with E-state index in [1.54, 1.807) is 0 Å². The second-order valence-corrected chi connectivity index (χ2v) is 6.58. The first-order chi connectivity index (χ1) is 12.0. The Labute approximate surface area is 150 Å². The van der Waals surface area contributed by atoms with Crippen molar-refractivity contribution in [1.29, 1.82) is 0 Å².